The number of ether oxygens (including phenoxy) is 1. The van der Waals surface area contributed by atoms with Crippen molar-refractivity contribution in [1.82, 2.24) is 14.8 Å². The number of thioether (sulfide) groups is 1. The summed E-state index contributed by atoms with van der Waals surface area (Å²) in [4.78, 5) is 12.3. The third-order valence-corrected chi connectivity index (χ3v) is 5.34. The molecular formula is C20H19ClFN3O2S. The summed E-state index contributed by atoms with van der Waals surface area (Å²) >= 11 is 7.45. The Kier molecular flexibility index (Phi) is 6.70. The van der Waals surface area contributed by atoms with Crippen molar-refractivity contribution >= 4 is 29.1 Å². The second-order valence-corrected chi connectivity index (χ2v) is 7.34. The van der Waals surface area contributed by atoms with Crippen molar-refractivity contribution in [1.29, 1.82) is 0 Å². The molecule has 0 radical (unpaired) electrons. The zero-order valence-electron chi connectivity index (χ0n) is 15.4. The minimum Gasteiger partial charge on any atom is -0.481 e. The predicted molar refractivity (Wildman–Crippen MR) is 108 cm³/mol. The number of aromatic nitrogens is 3. The van der Waals surface area contributed by atoms with Crippen LogP contribution < -0.4 is 4.74 Å². The van der Waals surface area contributed by atoms with Crippen LogP contribution in [0.2, 0.25) is 5.02 Å². The molecule has 2 aromatic carbocycles. The normalized spacial score (nSPS) is 12.0. The van der Waals surface area contributed by atoms with Crippen LogP contribution >= 0.6 is 23.4 Å². The lowest BCUT2D eigenvalue weighted by Gasteiger charge is -2.16. The number of carbonyl (C=O) groups excluding carboxylic acids is 1. The highest BCUT2D eigenvalue weighted by Crippen LogP contribution is 2.29. The van der Waals surface area contributed by atoms with Crippen molar-refractivity contribution in [3.63, 3.8) is 0 Å². The van der Waals surface area contributed by atoms with Gasteiger partial charge in [-0.3, -0.25) is 4.79 Å². The van der Waals surface area contributed by atoms with Gasteiger partial charge in [0.2, 0.25) is 0 Å². The van der Waals surface area contributed by atoms with E-state index in [0.717, 1.165) is 0 Å². The standard InChI is InChI=1S/C20H19ClFN3O2S/c1-3-25-19(13(2)27-18-7-5-4-6-16(18)21)23-24-20(25)28-12-17(26)14-8-10-15(22)11-9-14/h4-11,13H,3,12H2,1-2H3. The topological polar surface area (TPSA) is 57.0 Å². The number of halogens is 2. The van der Waals surface area contributed by atoms with E-state index in [0.29, 0.717) is 33.9 Å². The predicted octanol–water partition coefficient (Wildman–Crippen LogP) is 5.21. The molecular weight excluding hydrogens is 401 g/mol. The zero-order valence-corrected chi connectivity index (χ0v) is 17.0. The number of para-hydroxylation sites is 1. The molecule has 1 atom stereocenters. The summed E-state index contributed by atoms with van der Waals surface area (Å²) in [6.45, 7) is 4.48. The van der Waals surface area contributed by atoms with Crippen molar-refractivity contribution in [3.05, 3.63) is 70.8 Å². The number of ketones is 1. The molecule has 1 heterocycles. The van der Waals surface area contributed by atoms with Gasteiger partial charge in [0, 0.05) is 12.1 Å². The Morgan fingerprint density at radius 2 is 1.93 bits per heavy atom. The van der Waals surface area contributed by atoms with Crippen LogP contribution in [0.25, 0.3) is 0 Å². The summed E-state index contributed by atoms with van der Waals surface area (Å²) in [5.41, 5.74) is 0.465. The molecule has 0 saturated carbocycles. The summed E-state index contributed by atoms with van der Waals surface area (Å²) in [5, 5.41) is 9.59. The number of carbonyl (C=O) groups is 1. The van der Waals surface area contributed by atoms with Gasteiger partial charge in [0.25, 0.3) is 0 Å². The number of benzene rings is 2. The number of hydrogen-bond acceptors (Lipinski definition) is 5. The summed E-state index contributed by atoms with van der Waals surface area (Å²) in [6.07, 6.45) is -0.366. The van der Waals surface area contributed by atoms with E-state index in [1.165, 1.54) is 36.0 Å². The van der Waals surface area contributed by atoms with Crippen molar-refractivity contribution in [3.8, 4) is 5.75 Å². The first kappa shape index (κ1) is 20.4. The van der Waals surface area contributed by atoms with Gasteiger partial charge in [-0.05, 0) is 50.2 Å². The molecule has 0 bridgehead atoms. The van der Waals surface area contributed by atoms with Gasteiger partial charge in [-0.1, -0.05) is 35.5 Å². The van der Waals surface area contributed by atoms with Gasteiger partial charge in [-0.25, -0.2) is 4.39 Å². The fourth-order valence-corrected chi connectivity index (χ4v) is 3.72. The molecule has 1 aromatic heterocycles. The van der Waals surface area contributed by atoms with Gasteiger partial charge >= 0.3 is 0 Å². The summed E-state index contributed by atoms with van der Waals surface area (Å²) in [7, 11) is 0. The number of Topliss-reactive ketones (excluding diaryl/α,β-unsaturated/α-hetero) is 1. The van der Waals surface area contributed by atoms with Crippen molar-refractivity contribution in [2.45, 2.75) is 31.7 Å². The van der Waals surface area contributed by atoms with Crippen molar-refractivity contribution in [2.75, 3.05) is 5.75 Å². The monoisotopic (exact) mass is 419 g/mol. The minimum atomic E-state index is -0.368. The lowest BCUT2D eigenvalue weighted by molar-refractivity contribution is 0.102. The fourth-order valence-electron chi connectivity index (χ4n) is 2.64. The Balaban J connectivity index is 1.70. The van der Waals surface area contributed by atoms with Gasteiger partial charge < -0.3 is 9.30 Å². The van der Waals surface area contributed by atoms with Crippen LogP contribution in [-0.2, 0) is 6.54 Å². The van der Waals surface area contributed by atoms with Crippen LogP contribution in [0.5, 0.6) is 5.75 Å². The largest absolute Gasteiger partial charge is 0.481 e. The summed E-state index contributed by atoms with van der Waals surface area (Å²) in [5.74, 6) is 0.940. The Morgan fingerprint density at radius 3 is 2.61 bits per heavy atom. The first-order valence-electron chi connectivity index (χ1n) is 8.75. The lowest BCUT2D eigenvalue weighted by atomic mass is 10.1. The van der Waals surface area contributed by atoms with Gasteiger partial charge in [0.05, 0.1) is 10.8 Å². The Labute approximate surface area is 171 Å². The maximum absolute atomic E-state index is 13.0. The van der Waals surface area contributed by atoms with Gasteiger partial charge in [0.15, 0.2) is 22.9 Å². The van der Waals surface area contributed by atoms with Crippen LogP contribution in [0, 0.1) is 5.82 Å². The Hall–Kier alpha value is -2.38. The third kappa shape index (κ3) is 4.72. The summed E-state index contributed by atoms with van der Waals surface area (Å²) in [6, 6.07) is 12.7. The van der Waals surface area contributed by atoms with Crippen LogP contribution in [0.4, 0.5) is 4.39 Å². The zero-order chi connectivity index (χ0) is 20.1. The lowest BCUT2D eigenvalue weighted by Crippen LogP contribution is -2.12. The molecule has 0 fully saturated rings. The van der Waals surface area contributed by atoms with Gasteiger partial charge in [-0.15, -0.1) is 10.2 Å². The van der Waals surface area contributed by atoms with E-state index in [1.807, 2.05) is 30.5 Å². The molecule has 3 aromatic rings. The van der Waals surface area contributed by atoms with Crippen LogP contribution in [0.3, 0.4) is 0 Å². The average Bonchev–Trinajstić information content (AvgIpc) is 3.11. The molecule has 8 heteroatoms. The molecule has 0 saturated heterocycles. The number of nitrogens with zero attached hydrogens (tertiary/aromatic N) is 3. The average molecular weight is 420 g/mol. The highest BCUT2D eigenvalue weighted by Gasteiger charge is 2.20. The molecule has 0 spiro atoms. The highest BCUT2D eigenvalue weighted by atomic mass is 35.5. The van der Waals surface area contributed by atoms with Crippen LogP contribution in [-0.4, -0.2) is 26.3 Å². The molecule has 0 amide bonds. The second kappa shape index (κ2) is 9.21. The van der Waals surface area contributed by atoms with E-state index in [2.05, 4.69) is 10.2 Å². The smallest absolute Gasteiger partial charge is 0.191 e. The van der Waals surface area contributed by atoms with Gasteiger partial charge in [0.1, 0.15) is 11.6 Å². The molecule has 0 aliphatic carbocycles. The first-order chi connectivity index (χ1) is 13.5. The highest BCUT2D eigenvalue weighted by molar-refractivity contribution is 7.99. The van der Waals surface area contributed by atoms with E-state index in [9.17, 15) is 9.18 Å². The quantitative estimate of drug-likeness (QED) is 0.370. The second-order valence-electron chi connectivity index (χ2n) is 5.99. The Morgan fingerprint density at radius 1 is 1.21 bits per heavy atom. The SMILES string of the molecule is CCn1c(SCC(=O)c2ccc(F)cc2)nnc1C(C)Oc1ccccc1Cl. The maximum Gasteiger partial charge on any atom is 0.191 e. The molecule has 0 aliphatic rings. The van der Waals surface area contributed by atoms with Crippen LogP contribution in [0.15, 0.2) is 53.7 Å². The molecule has 1 unspecified atom stereocenters. The number of hydrogen-bond donors (Lipinski definition) is 0. The molecule has 0 N–H and O–H groups in total. The Bertz CT molecular complexity index is 962. The minimum absolute atomic E-state index is 0.0995. The fraction of sp³-hybridized carbons (Fsp3) is 0.250. The molecule has 3 rings (SSSR count). The van der Waals surface area contributed by atoms with Crippen molar-refractivity contribution in [2.24, 2.45) is 0 Å². The van der Waals surface area contributed by atoms with Crippen molar-refractivity contribution < 1.29 is 13.9 Å². The van der Waals surface area contributed by atoms with E-state index < -0.39 is 0 Å². The first-order valence-corrected chi connectivity index (χ1v) is 10.1. The van der Waals surface area contributed by atoms with Crippen LogP contribution in [0.1, 0.15) is 36.1 Å². The number of rotatable bonds is 8. The molecule has 146 valence electrons. The van der Waals surface area contributed by atoms with E-state index in [1.54, 1.807) is 12.1 Å². The maximum atomic E-state index is 13.0. The molecule has 5 nitrogen and oxygen atoms in total. The van der Waals surface area contributed by atoms with E-state index in [4.69, 9.17) is 16.3 Å². The third-order valence-electron chi connectivity index (χ3n) is 4.06. The molecule has 0 aliphatic heterocycles. The van der Waals surface area contributed by atoms with E-state index in [-0.39, 0.29) is 23.5 Å². The van der Waals surface area contributed by atoms with Gasteiger partial charge in [-0.2, -0.15) is 0 Å². The summed E-state index contributed by atoms with van der Waals surface area (Å²) < 4.78 is 20.8. The van der Waals surface area contributed by atoms with E-state index >= 15 is 0 Å². The molecule has 28 heavy (non-hydrogen) atoms.